The minimum absolute atomic E-state index is 0.0628. The van der Waals surface area contributed by atoms with E-state index in [4.69, 9.17) is 5.73 Å². The first kappa shape index (κ1) is 21.6. The molecule has 7 N–H and O–H groups in total. The van der Waals surface area contributed by atoms with E-state index in [1.54, 1.807) is 18.2 Å². The highest BCUT2D eigenvalue weighted by atomic mass is 16.3. The molecule has 0 heterocycles. The van der Waals surface area contributed by atoms with Crippen LogP contribution in [0, 0.1) is 0 Å². The zero-order chi connectivity index (χ0) is 21.5. The van der Waals surface area contributed by atoms with Gasteiger partial charge in [0, 0.05) is 16.5 Å². The van der Waals surface area contributed by atoms with Crippen molar-refractivity contribution in [3.05, 3.63) is 54.1 Å². The Bertz CT molecular complexity index is 990. The lowest BCUT2D eigenvalue weighted by molar-refractivity contribution is 0.403. The van der Waals surface area contributed by atoms with Gasteiger partial charge in [0.05, 0.1) is 6.17 Å². The van der Waals surface area contributed by atoms with Crippen LogP contribution in [0.25, 0.3) is 10.8 Å². The third kappa shape index (κ3) is 5.48. The fraction of sp³-hybridized carbons (Fsp3) is 0.333. The van der Waals surface area contributed by atoms with Crippen LogP contribution in [0.2, 0.25) is 0 Å². The Kier molecular flexibility index (Phi) is 7.25. The van der Waals surface area contributed by atoms with Gasteiger partial charge in [-0.1, -0.05) is 43.9 Å². The highest BCUT2D eigenvalue weighted by molar-refractivity contribution is 5.98. The van der Waals surface area contributed by atoms with E-state index in [-0.39, 0.29) is 29.2 Å². The van der Waals surface area contributed by atoms with Crippen molar-refractivity contribution in [3.8, 4) is 23.0 Å². The number of phenols is 4. The third-order valence-corrected chi connectivity index (χ3v) is 5.37. The number of nitrogens with two attached hydrogens (primary N) is 1. The molecule has 3 aromatic carbocycles. The van der Waals surface area contributed by atoms with Gasteiger partial charge in [0.25, 0.3) is 0 Å². The molecule has 160 valence electrons. The second-order valence-corrected chi connectivity index (χ2v) is 7.71. The molecule has 0 amide bonds. The number of hydrogen-bond donors (Lipinski definition) is 6. The number of anilines is 1. The number of aryl methyl sites for hydroxylation is 1. The van der Waals surface area contributed by atoms with Crippen LogP contribution in [-0.2, 0) is 6.42 Å². The van der Waals surface area contributed by atoms with Gasteiger partial charge in [0.1, 0.15) is 0 Å². The maximum Gasteiger partial charge on any atom is 0.165 e. The van der Waals surface area contributed by atoms with Crippen LogP contribution in [0.1, 0.15) is 44.1 Å². The molecule has 0 aromatic heterocycles. The van der Waals surface area contributed by atoms with Crippen LogP contribution in [0.4, 0.5) is 5.69 Å². The molecule has 0 fully saturated rings. The fourth-order valence-electron chi connectivity index (χ4n) is 3.68. The summed E-state index contributed by atoms with van der Waals surface area (Å²) >= 11 is 0. The Morgan fingerprint density at radius 1 is 0.733 bits per heavy atom. The van der Waals surface area contributed by atoms with Crippen molar-refractivity contribution in [3.63, 3.8) is 0 Å². The summed E-state index contributed by atoms with van der Waals surface area (Å²) in [6, 6.07) is 13.7. The molecule has 30 heavy (non-hydrogen) atoms. The Hall–Kier alpha value is -3.12. The summed E-state index contributed by atoms with van der Waals surface area (Å²) in [6.45, 7) is 0. The number of fused-ring (bicyclic) bond motifs is 1. The van der Waals surface area contributed by atoms with Crippen molar-refractivity contribution in [2.24, 2.45) is 5.73 Å². The first-order valence-corrected chi connectivity index (χ1v) is 10.4. The Labute approximate surface area is 176 Å². The molecule has 0 spiro atoms. The summed E-state index contributed by atoms with van der Waals surface area (Å²) in [4.78, 5) is 0. The van der Waals surface area contributed by atoms with E-state index in [9.17, 15) is 20.4 Å². The van der Waals surface area contributed by atoms with Crippen molar-refractivity contribution in [1.82, 2.24) is 0 Å². The molecule has 1 atom stereocenters. The van der Waals surface area contributed by atoms with Crippen LogP contribution < -0.4 is 11.1 Å². The van der Waals surface area contributed by atoms with Gasteiger partial charge in [-0.3, -0.25) is 0 Å². The van der Waals surface area contributed by atoms with Crippen LogP contribution in [-0.4, -0.2) is 26.6 Å². The molecule has 0 saturated carbocycles. The monoisotopic (exact) mass is 410 g/mol. The number of benzene rings is 3. The van der Waals surface area contributed by atoms with Crippen LogP contribution >= 0.6 is 0 Å². The maximum absolute atomic E-state index is 10.0. The largest absolute Gasteiger partial charge is 0.504 e. The molecule has 3 rings (SSSR count). The predicted molar refractivity (Wildman–Crippen MR) is 120 cm³/mol. The zero-order valence-corrected chi connectivity index (χ0v) is 17.0. The van der Waals surface area contributed by atoms with Gasteiger partial charge >= 0.3 is 0 Å². The molecule has 6 nitrogen and oxygen atoms in total. The predicted octanol–water partition coefficient (Wildman–Crippen LogP) is 4.94. The van der Waals surface area contributed by atoms with Crippen LogP contribution in [0.15, 0.2) is 48.5 Å². The molecule has 6 heteroatoms. The summed E-state index contributed by atoms with van der Waals surface area (Å²) in [6.07, 6.45) is 6.93. The van der Waals surface area contributed by atoms with Crippen molar-refractivity contribution in [1.29, 1.82) is 0 Å². The van der Waals surface area contributed by atoms with E-state index in [1.165, 1.54) is 12.1 Å². The lowest BCUT2D eigenvalue weighted by Gasteiger charge is -2.17. The number of rotatable bonds is 10. The molecular weight excluding hydrogens is 380 g/mol. The standard InChI is InChI=1S/C24H30N2O4/c25-23(26-19-9-6-8-18-17(19)12-14-21(28)24(18)30)10-5-3-1-2-4-7-16-11-13-20(27)22(29)15-16/h6,8-9,11-15,23,26-30H,1-5,7,10,25H2. The molecule has 0 bridgehead atoms. The van der Waals surface area contributed by atoms with Gasteiger partial charge < -0.3 is 31.5 Å². The Balaban J connectivity index is 1.37. The normalized spacial score (nSPS) is 12.2. The smallest absolute Gasteiger partial charge is 0.165 e. The van der Waals surface area contributed by atoms with E-state index < -0.39 is 0 Å². The quantitative estimate of drug-likeness (QED) is 0.160. The number of aromatic hydroxyl groups is 4. The van der Waals surface area contributed by atoms with Gasteiger partial charge in [-0.25, -0.2) is 0 Å². The average molecular weight is 411 g/mol. The molecule has 0 aliphatic rings. The first-order chi connectivity index (χ1) is 14.5. The zero-order valence-electron chi connectivity index (χ0n) is 17.0. The Morgan fingerprint density at radius 2 is 1.47 bits per heavy atom. The van der Waals surface area contributed by atoms with E-state index in [1.807, 2.05) is 18.2 Å². The lowest BCUT2D eigenvalue weighted by atomic mass is 10.0. The minimum atomic E-state index is -0.188. The molecule has 3 aromatic rings. The molecule has 1 unspecified atom stereocenters. The van der Waals surface area contributed by atoms with Crippen molar-refractivity contribution in [2.45, 2.75) is 51.1 Å². The summed E-state index contributed by atoms with van der Waals surface area (Å²) in [5, 5.41) is 43.3. The highest BCUT2D eigenvalue weighted by Crippen LogP contribution is 2.36. The summed E-state index contributed by atoms with van der Waals surface area (Å²) in [5.74, 6) is -0.396. The molecule has 0 aliphatic heterocycles. The second-order valence-electron chi connectivity index (χ2n) is 7.71. The van der Waals surface area contributed by atoms with Crippen molar-refractivity contribution in [2.75, 3.05) is 5.32 Å². The summed E-state index contributed by atoms with van der Waals surface area (Å²) in [7, 11) is 0. The Morgan fingerprint density at radius 3 is 2.27 bits per heavy atom. The van der Waals surface area contributed by atoms with Crippen LogP contribution in [0.5, 0.6) is 23.0 Å². The second kappa shape index (κ2) is 10.1. The topological polar surface area (TPSA) is 119 Å². The highest BCUT2D eigenvalue weighted by Gasteiger charge is 2.10. The number of unbranched alkanes of at least 4 members (excludes halogenated alkanes) is 4. The van der Waals surface area contributed by atoms with Crippen LogP contribution in [0.3, 0.4) is 0 Å². The molecule has 0 radical (unpaired) electrons. The van der Waals surface area contributed by atoms with E-state index in [0.717, 1.165) is 61.6 Å². The SMILES string of the molecule is NC(CCCCCCCc1ccc(O)c(O)c1)Nc1cccc2c(O)c(O)ccc12. The van der Waals surface area contributed by atoms with Gasteiger partial charge in [0.15, 0.2) is 23.0 Å². The summed E-state index contributed by atoms with van der Waals surface area (Å²) < 4.78 is 0. The molecule has 0 saturated heterocycles. The number of hydrogen-bond acceptors (Lipinski definition) is 6. The minimum Gasteiger partial charge on any atom is -0.504 e. The van der Waals surface area contributed by atoms with Crippen molar-refractivity contribution >= 4 is 16.5 Å². The molecule has 0 aliphatic carbocycles. The maximum atomic E-state index is 10.0. The number of phenolic OH excluding ortho intramolecular Hbond substituents is 4. The van der Waals surface area contributed by atoms with Gasteiger partial charge in [0.2, 0.25) is 0 Å². The van der Waals surface area contributed by atoms with E-state index in [0.29, 0.717) is 5.39 Å². The first-order valence-electron chi connectivity index (χ1n) is 10.4. The average Bonchev–Trinajstić information content (AvgIpc) is 2.73. The third-order valence-electron chi connectivity index (χ3n) is 5.37. The van der Waals surface area contributed by atoms with Gasteiger partial charge in [-0.2, -0.15) is 0 Å². The van der Waals surface area contributed by atoms with Gasteiger partial charge in [-0.05, 0) is 55.2 Å². The van der Waals surface area contributed by atoms with E-state index >= 15 is 0 Å². The fourth-order valence-corrected chi connectivity index (χ4v) is 3.68. The number of nitrogens with one attached hydrogen (secondary N) is 1. The van der Waals surface area contributed by atoms with E-state index in [2.05, 4.69) is 5.32 Å². The van der Waals surface area contributed by atoms with Crippen molar-refractivity contribution < 1.29 is 20.4 Å². The summed E-state index contributed by atoms with van der Waals surface area (Å²) in [5.41, 5.74) is 8.11. The molecular formula is C24H30N2O4. The van der Waals surface area contributed by atoms with Gasteiger partial charge in [-0.15, -0.1) is 0 Å². The lowest BCUT2D eigenvalue weighted by Crippen LogP contribution is -2.29.